The van der Waals surface area contributed by atoms with E-state index in [2.05, 4.69) is 39.3 Å². The van der Waals surface area contributed by atoms with Crippen LogP contribution in [0.15, 0.2) is 66.2 Å². The fraction of sp³-hybridized carbons (Fsp3) is 0.200. The van der Waals surface area contributed by atoms with Crippen molar-refractivity contribution in [1.29, 1.82) is 0 Å². The van der Waals surface area contributed by atoms with Gasteiger partial charge in [0.1, 0.15) is 18.7 Å². The third-order valence-corrected chi connectivity index (χ3v) is 4.50. The molecule has 25 heavy (non-hydrogen) atoms. The third kappa shape index (κ3) is 2.89. The average Bonchev–Trinajstić information content (AvgIpc) is 3.16. The number of carbonyl (C=O) groups is 1. The van der Waals surface area contributed by atoms with E-state index in [1.807, 2.05) is 35.9 Å². The molecule has 0 bridgehead atoms. The molecule has 1 aliphatic rings. The van der Waals surface area contributed by atoms with E-state index in [-0.39, 0.29) is 11.8 Å². The van der Waals surface area contributed by atoms with Gasteiger partial charge in [-0.25, -0.2) is 14.7 Å². The number of aromatic nitrogens is 3. The molecule has 1 aliphatic heterocycles. The maximum absolute atomic E-state index is 12.2. The normalized spacial score (nSPS) is 14.8. The molecule has 124 valence electrons. The minimum absolute atomic E-state index is 0.0827. The highest BCUT2D eigenvalue weighted by molar-refractivity contribution is 6.41. The van der Waals surface area contributed by atoms with Crippen LogP contribution >= 0.6 is 0 Å². The molecule has 2 aromatic carbocycles. The summed E-state index contributed by atoms with van der Waals surface area (Å²) < 4.78 is 1.84. The monoisotopic (exact) mass is 330 g/mol. The average molecular weight is 330 g/mol. The van der Waals surface area contributed by atoms with Gasteiger partial charge in [0.2, 0.25) is 0 Å². The van der Waals surface area contributed by atoms with Crippen LogP contribution in [0.3, 0.4) is 0 Å². The lowest BCUT2D eigenvalue weighted by Crippen LogP contribution is -2.20. The zero-order valence-corrected chi connectivity index (χ0v) is 14.0. The van der Waals surface area contributed by atoms with Gasteiger partial charge in [0.15, 0.2) is 5.78 Å². The van der Waals surface area contributed by atoms with Crippen molar-refractivity contribution in [3.63, 3.8) is 0 Å². The van der Waals surface area contributed by atoms with Gasteiger partial charge in [-0.3, -0.25) is 4.79 Å². The van der Waals surface area contributed by atoms with Gasteiger partial charge < -0.3 is 0 Å². The number of Topliss-reactive ketones (excluding diaryl/α,β-unsaturated/α-hetero) is 1. The van der Waals surface area contributed by atoms with Crippen LogP contribution in [-0.4, -0.2) is 26.3 Å². The van der Waals surface area contributed by atoms with E-state index in [1.165, 1.54) is 6.33 Å². The second-order valence-electron chi connectivity index (χ2n) is 6.09. The molecule has 0 aliphatic carbocycles. The van der Waals surface area contributed by atoms with Crippen molar-refractivity contribution >= 4 is 17.2 Å². The van der Waals surface area contributed by atoms with E-state index in [9.17, 15) is 4.79 Å². The van der Waals surface area contributed by atoms with Crippen LogP contribution in [0, 0.1) is 0 Å². The maximum Gasteiger partial charge on any atom is 0.181 e. The van der Waals surface area contributed by atoms with Gasteiger partial charge in [-0.05, 0) is 29.2 Å². The van der Waals surface area contributed by atoms with E-state index in [0.29, 0.717) is 18.6 Å². The quantitative estimate of drug-likeness (QED) is 0.735. The summed E-state index contributed by atoms with van der Waals surface area (Å²) in [5, 5.41) is 4.33. The Hall–Kier alpha value is -3.08. The molecular formula is C20H18N4O. The van der Waals surface area contributed by atoms with Crippen LogP contribution in [0.25, 0.3) is 0 Å². The van der Waals surface area contributed by atoms with Gasteiger partial charge in [0.05, 0.1) is 11.4 Å². The number of fused-ring (bicyclic) bond motifs is 1. The lowest BCUT2D eigenvalue weighted by Gasteiger charge is -2.21. The Kier molecular flexibility index (Phi) is 3.98. The summed E-state index contributed by atoms with van der Waals surface area (Å²) in [5.74, 6) is 0.115. The lowest BCUT2D eigenvalue weighted by atomic mass is 9.92. The Labute approximate surface area is 146 Å². The van der Waals surface area contributed by atoms with Crippen molar-refractivity contribution in [2.75, 3.05) is 0 Å². The summed E-state index contributed by atoms with van der Waals surface area (Å²) in [7, 11) is 0. The highest BCUT2D eigenvalue weighted by Crippen LogP contribution is 2.32. The van der Waals surface area contributed by atoms with Crippen LogP contribution in [0.5, 0.6) is 0 Å². The van der Waals surface area contributed by atoms with Crippen molar-refractivity contribution in [2.45, 2.75) is 25.8 Å². The minimum atomic E-state index is -0.0827. The van der Waals surface area contributed by atoms with E-state index in [1.54, 1.807) is 6.33 Å². The summed E-state index contributed by atoms with van der Waals surface area (Å²) in [6.45, 7) is 1.96. The van der Waals surface area contributed by atoms with Crippen molar-refractivity contribution in [3.8, 4) is 0 Å². The Morgan fingerprint density at radius 1 is 1.12 bits per heavy atom. The summed E-state index contributed by atoms with van der Waals surface area (Å²) >= 11 is 0. The molecule has 0 N–H and O–H groups in total. The van der Waals surface area contributed by atoms with Crippen LogP contribution in [0.2, 0.25) is 0 Å². The number of hydrogen-bond acceptors (Lipinski definition) is 4. The number of hydrogen-bond donors (Lipinski definition) is 0. The lowest BCUT2D eigenvalue weighted by molar-refractivity contribution is -0.112. The molecule has 3 aromatic rings. The van der Waals surface area contributed by atoms with Gasteiger partial charge in [-0.1, -0.05) is 49.4 Å². The van der Waals surface area contributed by atoms with Crippen LogP contribution in [0.1, 0.15) is 36.1 Å². The van der Waals surface area contributed by atoms with E-state index < -0.39 is 0 Å². The number of nitrogens with zero attached hydrogens (tertiary/aromatic N) is 4. The molecule has 0 amide bonds. The topological polar surface area (TPSA) is 60.1 Å². The fourth-order valence-electron chi connectivity index (χ4n) is 3.27. The second kappa shape index (κ2) is 6.43. The highest BCUT2D eigenvalue weighted by Gasteiger charge is 2.22. The van der Waals surface area contributed by atoms with Gasteiger partial charge >= 0.3 is 0 Å². The van der Waals surface area contributed by atoms with E-state index in [4.69, 9.17) is 0 Å². The molecule has 0 spiro atoms. The van der Waals surface area contributed by atoms with Gasteiger partial charge in [-0.2, -0.15) is 5.10 Å². The Bertz CT molecular complexity index is 930. The van der Waals surface area contributed by atoms with Crippen molar-refractivity contribution in [2.24, 2.45) is 4.99 Å². The van der Waals surface area contributed by atoms with Crippen LogP contribution in [-0.2, 0) is 11.2 Å². The summed E-state index contributed by atoms with van der Waals surface area (Å²) in [4.78, 5) is 20.8. The Balaban J connectivity index is 1.81. The molecule has 0 saturated carbocycles. The molecule has 5 heteroatoms. The first-order chi connectivity index (χ1) is 12.3. The zero-order chi connectivity index (χ0) is 17.2. The van der Waals surface area contributed by atoms with Crippen LogP contribution < -0.4 is 0 Å². The molecule has 5 nitrogen and oxygen atoms in total. The molecule has 1 unspecified atom stereocenters. The number of benzene rings is 2. The standard InChI is InChI=1S/C20H18N4O/c1-2-17-19(25)11-16-10-15(8-9-18(16)23-17)20(24-13-21-12-22-24)14-6-4-3-5-7-14/h3-10,12-13,20H,2,11H2,1H3. The molecule has 2 heterocycles. The maximum atomic E-state index is 12.2. The molecular weight excluding hydrogens is 312 g/mol. The minimum Gasteiger partial charge on any atom is -0.292 e. The molecule has 4 rings (SSSR count). The van der Waals surface area contributed by atoms with E-state index >= 15 is 0 Å². The number of aliphatic imine (C=N–C) groups is 1. The first kappa shape index (κ1) is 15.4. The van der Waals surface area contributed by atoms with Crippen LogP contribution in [0.4, 0.5) is 5.69 Å². The summed E-state index contributed by atoms with van der Waals surface area (Å²) in [6, 6.07) is 16.2. The van der Waals surface area contributed by atoms with Crippen molar-refractivity contribution in [1.82, 2.24) is 14.8 Å². The molecule has 0 radical (unpaired) electrons. The predicted octanol–water partition coefficient (Wildman–Crippen LogP) is 3.52. The Morgan fingerprint density at radius 2 is 1.96 bits per heavy atom. The first-order valence-corrected chi connectivity index (χ1v) is 8.39. The van der Waals surface area contributed by atoms with Gasteiger partial charge in [0.25, 0.3) is 0 Å². The molecule has 0 saturated heterocycles. The number of ketones is 1. The molecule has 1 aromatic heterocycles. The largest absolute Gasteiger partial charge is 0.292 e. The Morgan fingerprint density at radius 3 is 2.68 bits per heavy atom. The smallest absolute Gasteiger partial charge is 0.181 e. The molecule has 1 atom stereocenters. The fourth-order valence-corrected chi connectivity index (χ4v) is 3.27. The summed E-state index contributed by atoms with van der Waals surface area (Å²) in [6.07, 6.45) is 4.34. The number of carbonyl (C=O) groups excluding carboxylic acids is 1. The van der Waals surface area contributed by atoms with E-state index in [0.717, 1.165) is 22.4 Å². The van der Waals surface area contributed by atoms with Gasteiger partial charge in [-0.15, -0.1) is 0 Å². The summed E-state index contributed by atoms with van der Waals surface area (Å²) in [5.41, 5.74) is 4.72. The third-order valence-electron chi connectivity index (χ3n) is 4.50. The highest BCUT2D eigenvalue weighted by atomic mass is 16.1. The first-order valence-electron chi connectivity index (χ1n) is 8.39. The zero-order valence-electron chi connectivity index (χ0n) is 14.0. The number of rotatable bonds is 4. The van der Waals surface area contributed by atoms with Crippen molar-refractivity contribution in [3.05, 3.63) is 77.9 Å². The molecule has 0 fully saturated rings. The van der Waals surface area contributed by atoms with Crippen molar-refractivity contribution < 1.29 is 4.79 Å². The second-order valence-corrected chi connectivity index (χ2v) is 6.09. The predicted molar refractivity (Wildman–Crippen MR) is 96.2 cm³/mol. The van der Waals surface area contributed by atoms with Gasteiger partial charge in [0, 0.05) is 6.42 Å². The SMILES string of the molecule is CCC1=Nc2ccc(C(c3ccccc3)n3cncn3)cc2CC1=O.